The van der Waals surface area contributed by atoms with Gasteiger partial charge >= 0.3 is 0 Å². The molecule has 1 aliphatic heterocycles. The standard InChI is InChI=1S/C21H22N2O4/c24-20-16-8-1-3-10-18(16)26-14-5-6-15-27-19-11-4-2-9-17(19)21(25)23-13-7-12-22-20/h1-6,8-11H,7,12-15H2,(H,22,24)(H,23,25)/b6-5-. The lowest BCUT2D eigenvalue weighted by atomic mass is 10.2. The minimum absolute atomic E-state index is 0.195. The Morgan fingerprint density at radius 1 is 0.667 bits per heavy atom. The Morgan fingerprint density at radius 3 is 1.59 bits per heavy atom. The largest absolute Gasteiger partial charge is 0.489 e. The second-order valence-electron chi connectivity index (χ2n) is 5.95. The van der Waals surface area contributed by atoms with Crippen LogP contribution in [0.4, 0.5) is 0 Å². The van der Waals surface area contributed by atoms with Gasteiger partial charge in [-0.1, -0.05) is 24.3 Å². The lowest BCUT2D eigenvalue weighted by Crippen LogP contribution is -2.30. The monoisotopic (exact) mass is 366 g/mol. The fourth-order valence-electron chi connectivity index (χ4n) is 2.65. The summed E-state index contributed by atoms with van der Waals surface area (Å²) >= 11 is 0. The van der Waals surface area contributed by atoms with Crippen LogP contribution in [-0.2, 0) is 0 Å². The van der Waals surface area contributed by atoms with Crippen molar-refractivity contribution in [3.05, 3.63) is 71.8 Å². The Kier molecular flexibility index (Phi) is 6.46. The fraction of sp³-hybridized carbons (Fsp3) is 0.238. The van der Waals surface area contributed by atoms with E-state index in [1.807, 2.05) is 24.3 Å². The number of para-hydroxylation sites is 2. The van der Waals surface area contributed by atoms with E-state index in [1.54, 1.807) is 36.4 Å². The summed E-state index contributed by atoms with van der Waals surface area (Å²) in [5.41, 5.74) is 0.978. The van der Waals surface area contributed by atoms with Crippen molar-refractivity contribution in [1.82, 2.24) is 10.6 Å². The van der Waals surface area contributed by atoms with Gasteiger partial charge in [0.05, 0.1) is 11.1 Å². The summed E-state index contributed by atoms with van der Waals surface area (Å²) in [4.78, 5) is 24.7. The number of carbonyl (C=O) groups is 2. The molecular weight excluding hydrogens is 344 g/mol. The van der Waals surface area contributed by atoms with Gasteiger partial charge in [0.1, 0.15) is 24.7 Å². The SMILES string of the molecule is O=C1NCCCNC(=O)c2ccccc2OC/C=C\COc2ccccc21. The molecule has 2 N–H and O–H groups in total. The third-order valence-electron chi connectivity index (χ3n) is 4.02. The van der Waals surface area contributed by atoms with Gasteiger partial charge in [0, 0.05) is 13.1 Å². The number of hydrogen-bond acceptors (Lipinski definition) is 4. The maximum Gasteiger partial charge on any atom is 0.255 e. The highest BCUT2D eigenvalue weighted by atomic mass is 16.5. The molecule has 0 fully saturated rings. The maximum absolute atomic E-state index is 12.4. The molecule has 2 aromatic rings. The van der Waals surface area contributed by atoms with E-state index in [1.165, 1.54) is 0 Å². The third-order valence-corrected chi connectivity index (χ3v) is 4.02. The molecule has 140 valence electrons. The number of fused-ring (bicyclic) bond motifs is 2. The van der Waals surface area contributed by atoms with E-state index in [0.717, 1.165) is 0 Å². The van der Waals surface area contributed by atoms with Crippen LogP contribution in [0.2, 0.25) is 0 Å². The average Bonchev–Trinajstić information content (AvgIpc) is 2.70. The molecule has 0 unspecified atom stereocenters. The Bertz CT molecular complexity index is 765. The van der Waals surface area contributed by atoms with Crippen molar-refractivity contribution in [1.29, 1.82) is 0 Å². The van der Waals surface area contributed by atoms with Crippen molar-refractivity contribution in [3.63, 3.8) is 0 Å². The molecule has 1 aliphatic rings. The molecule has 0 bridgehead atoms. The normalized spacial score (nSPS) is 17.0. The molecule has 1 heterocycles. The minimum Gasteiger partial charge on any atom is -0.489 e. The van der Waals surface area contributed by atoms with Crippen LogP contribution in [0.15, 0.2) is 60.7 Å². The Hall–Kier alpha value is -3.28. The summed E-state index contributed by atoms with van der Waals surface area (Å²) in [6.45, 7) is 1.53. The molecule has 0 saturated carbocycles. The molecule has 3 rings (SSSR count). The predicted molar refractivity (Wildman–Crippen MR) is 102 cm³/mol. The summed E-state index contributed by atoms with van der Waals surface area (Å²) < 4.78 is 11.4. The van der Waals surface area contributed by atoms with Crippen molar-refractivity contribution in [2.75, 3.05) is 26.3 Å². The summed E-state index contributed by atoms with van der Waals surface area (Å²) in [5.74, 6) is 0.671. The molecular formula is C21H22N2O4. The van der Waals surface area contributed by atoms with E-state index < -0.39 is 0 Å². The van der Waals surface area contributed by atoms with Crippen LogP contribution in [0.1, 0.15) is 27.1 Å². The first-order valence-corrected chi connectivity index (χ1v) is 8.91. The minimum atomic E-state index is -0.195. The number of benzene rings is 2. The average molecular weight is 366 g/mol. The van der Waals surface area contributed by atoms with Crippen molar-refractivity contribution >= 4 is 11.8 Å². The van der Waals surface area contributed by atoms with Crippen LogP contribution in [-0.4, -0.2) is 38.1 Å². The molecule has 2 amide bonds. The second kappa shape index (κ2) is 9.43. The summed E-state index contributed by atoms with van der Waals surface area (Å²) in [6, 6.07) is 14.2. The van der Waals surface area contributed by atoms with Gasteiger partial charge in [-0.25, -0.2) is 0 Å². The molecule has 0 aromatic heterocycles. The van der Waals surface area contributed by atoms with Gasteiger partial charge < -0.3 is 20.1 Å². The first kappa shape index (κ1) is 18.5. The van der Waals surface area contributed by atoms with Crippen LogP contribution in [0.5, 0.6) is 11.5 Å². The predicted octanol–water partition coefficient (Wildman–Crippen LogP) is 2.56. The molecule has 0 spiro atoms. The maximum atomic E-state index is 12.4. The van der Waals surface area contributed by atoms with E-state index >= 15 is 0 Å². The zero-order valence-corrected chi connectivity index (χ0v) is 14.9. The quantitative estimate of drug-likeness (QED) is 0.703. The van der Waals surface area contributed by atoms with Gasteiger partial charge in [0.25, 0.3) is 11.8 Å². The summed E-state index contributed by atoms with van der Waals surface area (Å²) in [5, 5.41) is 5.71. The van der Waals surface area contributed by atoms with Crippen molar-refractivity contribution in [3.8, 4) is 11.5 Å². The number of nitrogens with one attached hydrogen (secondary N) is 2. The van der Waals surface area contributed by atoms with Crippen LogP contribution in [0, 0.1) is 0 Å². The van der Waals surface area contributed by atoms with Crippen LogP contribution < -0.4 is 20.1 Å². The zero-order valence-electron chi connectivity index (χ0n) is 14.9. The second-order valence-corrected chi connectivity index (χ2v) is 5.95. The highest BCUT2D eigenvalue weighted by molar-refractivity contribution is 5.97. The highest BCUT2D eigenvalue weighted by Gasteiger charge is 2.13. The molecule has 2 aromatic carbocycles. The van der Waals surface area contributed by atoms with Crippen LogP contribution in [0.3, 0.4) is 0 Å². The van der Waals surface area contributed by atoms with Crippen LogP contribution in [0.25, 0.3) is 0 Å². The first-order chi connectivity index (χ1) is 13.3. The van der Waals surface area contributed by atoms with Crippen LogP contribution >= 0.6 is 0 Å². The molecule has 6 nitrogen and oxygen atoms in total. The summed E-state index contributed by atoms with van der Waals surface area (Å²) in [7, 11) is 0. The highest BCUT2D eigenvalue weighted by Crippen LogP contribution is 2.19. The van der Waals surface area contributed by atoms with E-state index in [-0.39, 0.29) is 11.8 Å². The first-order valence-electron chi connectivity index (χ1n) is 8.91. The van der Waals surface area contributed by atoms with Gasteiger partial charge in [-0.15, -0.1) is 0 Å². The van der Waals surface area contributed by atoms with Crippen molar-refractivity contribution in [2.45, 2.75) is 6.42 Å². The zero-order chi connectivity index (χ0) is 18.9. The molecule has 0 radical (unpaired) electrons. The molecule has 27 heavy (non-hydrogen) atoms. The van der Waals surface area contributed by atoms with Gasteiger partial charge in [-0.2, -0.15) is 0 Å². The van der Waals surface area contributed by atoms with E-state index in [4.69, 9.17) is 9.47 Å². The lowest BCUT2D eigenvalue weighted by Gasteiger charge is -2.11. The molecule has 6 heteroatoms. The van der Waals surface area contributed by atoms with E-state index in [9.17, 15) is 9.59 Å². The van der Waals surface area contributed by atoms with Gasteiger partial charge in [-0.3, -0.25) is 9.59 Å². The van der Waals surface area contributed by atoms with E-state index in [0.29, 0.717) is 55.4 Å². The van der Waals surface area contributed by atoms with Gasteiger partial charge in [-0.05, 0) is 42.8 Å². The molecule has 0 atom stereocenters. The Morgan fingerprint density at radius 2 is 1.11 bits per heavy atom. The lowest BCUT2D eigenvalue weighted by molar-refractivity contribution is 0.0948. The van der Waals surface area contributed by atoms with E-state index in [2.05, 4.69) is 10.6 Å². The van der Waals surface area contributed by atoms with Gasteiger partial charge in [0.2, 0.25) is 0 Å². The number of amides is 2. The smallest absolute Gasteiger partial charge is 0.255 e. The van der Waals surface area contributed by atoms with Crippen molar-refractivity contribution < 1.29 is 19.1 Å². The molecule has 0 aliphatic carbocycles. The number of ether oxygens (including phenoxy) is 2. The Labute approximate surface area is 158 Å². The number of carbonyl (C=O) groups excluding carboxylic acids is 2. The Balaban J connectivity index is 1.74. The van der Waals surface area contributed by atoms with Crippen molar-refractivity contribution in [2.24, 2.45) is 0 Å². The van der Waals surface area contributed by atoms with Gasteiger partial charge in [0.15, 0.2) is 0 Å². The topological polar surface area (TPSA) is 76.7 Å². The third kappa shape index (κ3) is 5.10. The fourth-order valence-corrected chi connectivity index (χ4v) is 2.65. The number of hydrogen-bond donors (Lipinski definition) is 2. The number of rotatable bonds is 0. The summed E-state index contributed by atoms with van der Waals surface area (Å²) in [6.07, 6.45) is 4.25. The molecule has 0 saturated heterocycles.